The second kappa shape index (κ2) is 10.5. The zero-order valence-electron chi connectivity index (χ0n) is 18.4. The van der Waals surface area contributed by atoms with Gasteiger partial charge in [-0.15, -0.1) is 0 Å². The van der Waals surface area contributed by atoms with Crippen LogP contribution in [-0.4, -0.2) is 68.0 Å². The molecule has 0 aromatic carbocycles. The number of hydrogen-bond donors (Lipinski definition) is 0. The lowest BCUT2D eigenvalue weighted by Crippen LogP contribution is -2.67. The summed E-state index contributed by atoms with van der Waals surface area (Å²) in [7, 11) is -17.1. The van der Waals surface area contributed by atoms with Crippen molar-refractivity contribution in [2.24, 2.45) is 0 Å². The zero-order valence-corrected chi connectivity index (χ0v) is 20.0. The predicted octanol–water partition coefficient (Wildman–Crippen LogP) is 6.96. The smallest absolute Gasteiger partial charge is 0.221 e. The summed E-state index contributed by atoms with van der Waals surface area (Å²) in [5, 5.41) is -16.2. The van der Waals surface area contributed by atoms with Crippen molar-refractivity contribution in [3.63, 3.8) is 0 Å². The summed E-state index contributed by atoms with van der Waals surface area (Å²) in [6, 6.07) is 0. The average Bonchev–Trinajstić information content (AvgIpc) is 2.70. The van der Waals surface area contributed by atoms with Crippen LogP contribution in [0.15, 0.2) is 0 Å². The van der Waals surface area contributed by atoms with Gasteiger partial charge in [-0.2, -0.15) is 79.0 Å². The summed E-state index contributed by atoms with van der Waals surface area (Å²) in [5.41, 5.74) is 0. The molecular formula is C15H14F18O4S2. The van der Waals surface area contributed by atoms with E-state index in [1.165, 1.54) is 6.92 Å². The Bertz CT molecular complexity index is 993. The molecule has 0 aliphatic rings. The van der Waals surface area contributed by atoms with Crippen LogP contribution in [0, 0.1) is 0 Å². The minimum Gasteiger partial charge on any atom is -0.221 e. The molecule has 0 saturated carbocycles. The number of halogens is 18. The first-order chi connectivity index (χ1) is 16.7. The third-order valence-corrected chi connectivity index (χ3v) is 10.3. The molecule has 0 saturated heterocycles. The second-order valence-electron chi connectivity index (χ2n) is 7.70. The first-order valence-electron chi connectivity index (χ1n) is 9.56. The van der Waals surface area contributed by atoms with E-state index in [0.29, 0.717) is 0 Å². The Morgan fingerprint density at radius 2 is 0.744 bits per heavy atom. The van der Waals surface area contributed by atoms with Crippen LogP contribution in [-0.2, 0) is 19.7 Å². The Kier molecular flexibility index (Phi) is 10.1. The minimum atomic E-state index is -8.56. The molecule has 4 nitrogen and oxygen atoms in total. The third-order valence-electron chi connectivity index (χ3n) is 4.93. The fourth-order valence-corrected chi connectivity index (χ4v) is 7.27. The zero-order chi connectivity index (χ0) is 32.1. The van der Waals surface area contributed by atoms with E-state index in [0.717, 1.165) is 0 Å². The van der Waals surface area contributed by atoms with Crippen LogP contribution < -0.4 is 0 Å². The van der Waals surface area contributed by atoms with E-state index in [1.807, 2.05) is 0 Å². The number of rotatable bonds is 13. The van der Waals surface area contributed by atoms with Gasteiger partial charge < -0.3 is 0 Å². The molecule has 0 amide bonds. The normalized spacial score (nSPS) is 16.2. The molecule has 0 bridgehead atoms. The quantitative estimate of drug-likeness (QED) is 0.158. The maximum atomic E-state index is 14.1. The summed E-state index contributed by atoms with van der Waals surface area (Å²) in [6.07, 6.45) is -20.4. The first kappa shape index (κ1) is 37.6. The standard InChI is InChI=1S/C15H14F18O4S2/c1-2-3-4-5-6-7(38(34,35)14(30,31)10(20,21)8(16,17)12(24,25)26)39(36,37)15(32,33)11(22,23)9(18,19)13(27,28)29/h7H,2-6H2,1H3. The Morgan fingerprint density at radius 1 is 0.462 bits per heavy atom. The van der Waals surface area contributed by atoms with Crippen molar-refractivity contribution in [2.75, 3.05) is 0 Å². The monoisotopic (exact) mass is 664 g/mol. The molecule has 0 unspecified atom stereocenters. The van der Waals surface area contributed by atoms with Crippen LogP contribution in [0.25, 0.3) is 0 Å². The molecule has 236 valence electrons. The molecule has 0 aromatic rings. The topological polar surface area (TPSA) is 68.3 Å². The van der Waals surface area contributed by atoms with Crippen molar-refractivity contribution in [3.05, 3.63) is 0 Å². The predicted molar refractivity (Wildman–Crippen MR) is 92.2 cm³/mol. The minimum absolute atomic E-state index is 0.0161. The lowest BCUT2D eigenvalue weighted by Gasteiger charge is -2.37. The molecule has 0 radical (unpaired) electrons. The summed E-state index contributed by atoms with van der Waals surface area (Å²) >= 11 is 0. The maximum Gasteiger partial charge on any atom is 0.460 e. The van der Waals surface area contributed by atoms with Crippen LogP contribution >= 0.6 is 0 Å². The molecule has 0 atom stereocenters. The molecule has 0 aliphatic heterocycles. The van der Waals surface area contributed by atoms with Crippen molar-refractivity contribution in [2.45, 2.75) is 90.2 Å². The van der Waals surface area contributed by atoms with Gasteiger partial charge in [0, 0.05) is 0 Å². The molecule has 0 fully saturated rings. The maximum absolute atomic E-state index is 14.1. The van der Waals surface area contributed by atoms with Gasteiger partial charge in [0.1, 0.15) is 0 Å². The van der Waals surface area contributed by atoms with Gasteiger partial charge in [-0.1, -0.05) is 32.6 Å². The molecule has 24 heteroatoms. The number of sulfone groups is 2. The number of hydrogen-bond acceptors (Lipinski definition) is 4. The van der Waals surface area contributed by atoms with E-state index in [2.05, 4.69) is 0 Å². The summed E-state index contributed by atoms with van der Waals surface area (Å²) in [5.74, 6) is -32.7. The van der Waals surface area contributed by atoms with Crippen LogP contribution in [0.1, 0.15) is 39.0 Å². The highest BCUT2D eigenvalue weighted by Gasteiger charge is 2.89. The molecule has 0 N–H and O–H groups in total. The van der Waals surface area contributed by atoms with Crippen LogP contribution in [0.5, 0.6) is 0 Å². The lowest BCUT2D eigenvalue weighted by molar-refractivity contribution is -0.382. The number of alkyl halides is 18. The summed E-state index contributed by atoms with van der Waals surface area (Å²) in [6.45, 7) is 1.28. The first-order valence-corrected chi connectivity index (χ1v) is 12.7. The van der Waals surface area contributed by atoms with Crippen LogP contribution in [0.2, 0.25) is 0 Å². The SMILES string of the molecule is CCCCCCC(S(=O)(=O)C(F)(F)C(F)(F)C(F)(F)C(F)(F)F)S(=O)(=O)C(F)(F)C(F)(F)C(F)(F)C(F)(F)F. The van der Waals surface area contributed by atoms with Gasteiger partial charge in [0.25, 0.3) is 0 Å². The second-order valence-corrected chi connectivity index (χ2v) is 12.3. The highest BCUT2D eigenvalue weighted by atomic mass is 32.3. The van der Waals surface area contributed by atoms with E-state index in [1.54, 1.807) is 0 Å². The van der Waals surface area contributed by atoms with Crippen molar-refractivity contribution in [3.8, 4) is 0 Å². The van der Waals surface area contributed by atoms with E-state index in [-0.39, 0.29) is 12.8 Å². The van der Waals surface area contributed by atoms with Gasteiger partial charge in [-0.05, 0) is 6.42 Å². The van der Waals surface area contributed by atoms with Gasteiger partial charge in [0.05, 0.1) is 0 Å². The van der Waals surface area contributed by atoms with Gasteiger partial charge >= 0.3 is 46.6 Å². The van der Waals surface area contributed by atoms with Crippen molar-refractivity contribution < 1.29 is 95.9 Å². The molecule has 0 aromatic heterocycles. The van der Waals surface area contributed by atoms with Crippen molar-refractivity contribution >= 4 is 19.7 Å². The van der Waals surface area contributed by atoms with E-state index in [4.69, 9.17) is 0 Å². The molecule has 0 spiro atoms. The molecule has 0 aliphatic carbocycles. The van der Waals surface area contributed by atoms with E-state index >= 15 is 0 Å². The third kappa shape index (κ3) is 5.60. The number of unbranched alkanes of at least 4 members (excludes halogenated alkanes) is 3. The van der Waals surface area contributed by atoms with Crippen molar-refractivity contribution in [1.29, 1.82) is 0 Å². The summed E-state index contributed by atoms with van der Waals surface area (Å²) < 4.78 is 280. The van der Waals surface area contributed by atoms with Crippen LogP contribution in [0.4, 0.5) is 79.0 Å². The van der Waals surface area contributed by atoms with E-state index < -0.39 is 90.1 Å². The Labute approximate surface area is 206 Å². The lowest BCUT2D eigenvalue weighted by atomic mass is 10.1. The molecule has 0 rings (SSSR count). The largest absolute Gasteiger partial charge is 0.460 e. The molecule has 0 heterocycles. The van der Waals surface area contributed by atoms with E-state index in [9.17, 15) is 95.9 Å². The Hall–Kier alpha value is -1.36. The molecular weight excluding hydrogens is 650 g/mol. The fourth-order valence-electron chi connectivity index (χ4n) is 2.62. The van der Waals surface area contributed by atoms with Crippen LogP contribution in [0.3, 0.4) is 0 Å². The van der Waals surface area contributed by atoms with Gasteiger partial charge in [0.2, 0.25) is 19.7 Å². The average molecular weight is 664 g/mol. The highest BCUT2D eigenvalue weighted by Crippen LogP contribution is 2.59. The van der Waals surface area contributed by atoms with Gasteiger partial charge in [-0.25, -0.2) is 16.8 Å². The summed E-state index contributed by atoms with van der Waals surface area (Å²) in [4.78, 5) is 0. The van der Waals surface area contributed by atoms with Gasteiger partial charge in [-0.3, -0.25) is 0 Å². The Morgan fingerprint density at radius 3 is 0.974 bits per heavy atom. The Balaban J connectivity index is 7.42. The molecule has 39 heavy (non-hydrogen) atoms. The van der Waals surface area contributed by atoms with Crippen molar-refractivity contribution in [1.82, 2.24) is 0 Å². The highest BCUT2D eigenvalue weighted by molar-refractivity contribution is 8.10. The van der Waals surface area contributed by atoms with Gasteiger partial charge in [0.15, 0.2) is 4.58 Å². The fraction of sp³-hybridized carbons (Fsp3) is 1.00.